The molecule has 37 heavy (non-hydrogen) atoms. The predicted molar refractivity (Wildman–Crippen MR) is 141 cm³/mol. The molecule has 0 fully saturated rings. The van der Waals surface area contributed by atoms with Gasteiger partial charge < -0.3 is 20.1 Å². The summed E-state index contributed by atoms with van der Waals surface area (Å²) in [5, 5.41) is 12.1. The zero-order chi connectivity index (χ0) is 26.2. The van der Waals surface area contributed by atoms with Gasteiger partial charge in [-0.1, -0.05) is 85.8 Å². The minimum atomic E-state index is -1.06. The molecule has 0 saturated carbocycles. The summed E-state index contributed by atoms with van der Waals surface area (Å²) in [5.41, 5.74) is 5.48. The topological polar surface area (TPSA) is 95.9 Å². The standard InChI is InChI=1S/C30H32N2O5/c1-2-22(16-17-28(33)32(19-29(34)35)18-21-10-4-3-5-11-21)31-30(36)37-20-27-25-14-8-6-12-23(25)24-13-7-9-15-26(24)27/h3-15,22,27H,2,16-20H2,1H3,(H,31,36)(H,34,35). The van der Waals surface area contributed by atoms with Crippen molar-refractivity contribution in [2.24, 2.45) is 0 Å². The maximum absolute atomic E-state index is 12.8. The number of carbonyl (C=O) groups excluding carboxylic acids is 2. The van der Waals surface area contributed by atoms with Gasteiger partial charge in [-0.15, -0.1) is 0 Å². The quantitative estimate of drug-likeness (QED) is 0.377. The van der Waals surface area contributed by atoms with Gasteiger partial charge in [-0.05, 0) is 40.7 Å². The second-order valence-corrected chi connectivity index (χ2v) is 9.24. The number of aliphatic carboxylic acids is 1. The van der Waals surface area contributed by atoms with Gasteiger partial charge in [0.05, 0.1) is 0 Å². The zero-order valence-electron chi connectivity index (χ0n) is 20.9. The highest BCUT2D eigenvalue weighted by molar-refractivity contribution is 5.81. The summed E-state index contributed by atoms with van der Waals surface area (Å²) in [6.45, 7) is 2.00. The van der Waals surface area contributed by atoms with Gasteiger partial charge in [0.1, 0.15) is 13.2 Å². The SMILES string of the molecule is CCC(CCC(=O)N(CC(=O)O)Cc1ccccc1)NC(=O)OCC1c2ccccc2-c2ccccc21. The van der Waals surface area contributed by atoms with E-state index in [1.807, 2.05) is 61.5 Å². The molecule has 1 unspecified atom stereocenters. The van der Waals surface area contributed by atoms with Crippen LogP contribution in [-0.4, -0.2) is 47.2 Å². The molecule has 3 aromatic carbocycles. The van der Waals surface area contributed by atoms with E-state index in [-0.39, 0.29) is 44.0 Å². The van der Waals surface area contributed by atoms with E-state index in [9.17, 15) is 19.5 Å². The van der Waals surface area contributed by atoms with Crippen molar-refractivity contribution in [3.05, 3.63) is 95.6 Å². The molecular weight excluding hydrogens is 468 g/mol. The van der Waals surface area contributed by atoms with Gasteiger partial charge >= 0.3 is 12.1 Å². The fraction of sp³-hybridized carbons (Fsp3) is 0.300. The Labute approximate surface area is 217 Å². The molecule has 2 N–H and O–H groups in total. The Morgan fingerprint density at radius 2 is 1.51 bits per heavy atom. The van der Waals surface area contributed by atoms with Crippen molar-refractivity contribution in [1.82, 2.24) is 10.2 Å². The van der Waals surface area contributed by atoms with E-state index in [0.29, 0.717) is 12.8 Å². The molecule has 0 spiro atoms. The molecule has 7 nitrogen and oxygen atoms in total. The maximum Gasteiger partial charge on any atom is 0.407 e. The Morgan fingerprint density at radius 1 is 0.919 bits per heavy atom. The van der Waals surface area contributed by atoms with Gasteiger partial charge in [-0.2, -0.15) is 0 Å². The van der Waals surface area contributed by atoms with Gasteiger partial charge in [-0.3, -0.25) is 9.59 Å². The molecule has 1 atom stereocenters. The molecule has 0 saturated heterocycles. The number of rotatable bonds is 11. The number of carboxylic acids is 1. The van der Waals surface area contributed by atoms with Crippen molar-refractivity contribution in [2.45, 2.75) is 44.7 Å². The molecule has 0 aliphatic heterocycles. The number of nitrogens with zero attached hydrogens (tertiary/aromatic N) is 1. The lowest BCUT2D eigenvalue weighted by atomic mass is 9.98. The molecule has 0 bridgehead atoms. The average molecular weight is 501 g/mol. The molecule has 3 aromatic rings. The Balaban J connectivity index is 1.31. The molecule has 2 amide bonds. The van der Waals surface area contributed by atoms with E-state index in [1.54, 1.807) is 0 Å². The van der Waals surface area contributed by atoms with Crippen molar-refractivity contribution in [3.63, 3.8) is 0 Å². The number of fused-ring (bicyclic) bond motifs is 3. The lowest BCUT2D eigenvalue weighted by Gasteiger charge is -2.23. The number of alkyl carbamates (subject to hydrolysis) is 1. The third-order valence-corrected chi connectivity index (χ3v) is 6.76. The number of benzene rings is 3. The lowest BCUT2D eigenvalue weighted by molar-refractivity contribution is -0.145. The third-order valence-electron chi connectivity index (χ3n) is 6.76. The van der Waals surface area contributed by atoms with Gasteiger partial charge in [0, 0.05) is 24.9 Å². The van der Waals surface area contributed by atoms with Crippen LogP contribution in [-0.2, 0) is 20.9 Å². The highest BCUT2D eigenvalue weighted by Crippen LogP contribution is 2.44. The summed E-state index contributed by atoms with van der Waals surface area (Å²) < 4.78 is 5.63. The van der Waals surface area contributed by atoms with Gasteiger partial charge in [0.2, 0.25) is 5.91 Å². The van der Waals surface area contributed by atoms with Crippen LogP contribution in [0.4, 0.5) is 4.79 Å². The largest absolute Gasteiger partial charge is 0.480 e. The normalized spacial score (nSPS) is 12.8. The number of carboxylic acid groups (broad SMARTS) is 1. The Hall–Kier alpha value is -4.13. The van der Waals surface area contributed by atoms with Crippen LogP contribution in [0.1, 0.15) is 48.8 Å². The predicted octanol–water partition coefficient (Wildman–Crippen LogP) is 5.20. The first kappa shape index (κ1) is 25.9. The number of carbonyl (C=O) groups is 3. The van der Waals surface area contributed by atoms with Crippen molar-refractivity contribution in [2.75, 3.05) is 13.2 Å². The first-order valence-electron chi connectivity index (χ1n) is 12.6. The van der Waals surface area contributed by atoms with E-state index in [2.05, 4.69) is 29.6 Å². The summed E-state index contributed by atoms with van der Waals surface area (Å²) in [4.78, 5) is 38.1. The third kappa shape index (κ3) is 6.55. The highest BCUT2D eigenvalue weighted by Gasteiger charge is 2.29. The summed E-state index contributed by atoms with van der Waals surface area (Å²) in [7, 11) is 0. The number of amides is 2. The van der Waals surface area contributed by atoms with Crippen LogP contribution in [0.3, 0.4) is 0 Å². The van der Waals surface area contributed by atoms with Gasteiger partial charge in [0.25, 0.3) is 0 Å². The van der Waals surface area contributed by atoms with Crippen molar-refractivity contribution in [3.8, 4) is 11.1 Å². The maximum atomic E-state index is 12.8. The van der Waals surface area contributed by atoms with Gasteiger partial charge in [0.15, 0.2) is 0 Å². The second kappa shape index (κ2) is 12.2. The number of hydrogen-bond donors (Lipinski definition) is 2. The Bertz CT molecular complexity index is 1200. The van der Waals surface area contributed by atoms with Crippen LogP contribution >= 0.6 is 0 Å². The lowest BCUT2D eigenvalue weighted by Crippen LogP contribution is -2.38. The summed E-state index contributed by atoms with van der Waals surface area (Å²) in [6, 6.07) is 25.3. The van der Waals surface area contributed by atoms with Crippen molar-refractivity contribution < 1.29 is 24.2 Å². The van der Waals surface area contributed by atoms with Crippen molar-refractivity contribution in [1.29, 1.82) is 0 Å². The summed E-state index contributed by atoms with van der Waals surface area (Å²) >= 11 is 0. The number of hydrogen-bond acceptors (Lipinski definition) is 4. The van der Waals surface area contributed by atoms with Crippen LogP contribution in [0.5, 0.6) is 0 Å². The summed E-state index contributed by atoms with van der Waals surface area (Å²) in [6.07, 6.45) is 0.620. The van der Waals surface area contributed by atoms with Crippen molar-refractivity contribution >= 4 is 18.0 Å². The molecule has 1 aliphatic carbocycles. The van der Waals surface area contributed by atoms with E-state index in [0.717, 1.165) is 16.7 Å². The fourth-order valence-corrected chi connectivity index (χ4v) is 4.84. The smallest absolute Gasteiger partial charge is 0.407 e. The van der Waals surface area contributed by atoms with Crippen LogP contribution < -0.4 is 5.32 Å². The van der Waals surface area contributed by atoms with E-state index < -0.39 is 12.1 Å². The fourth-order valence-electron chi connectivity index (χ4n) is 4.84. The van der Waals surface area contributed by atoms with Crippen LogP contribution in [0.25, 0.3) is 11.1 Å². The molecule has 7 heteroatoms. The minimum absolute atomic E-state index is 0.0256. The monoisotopic (exact) mass is 500 g/mol. The second-order valence-electron chi connectivity index (χ2n) is 9.24. The molecule has 4 rings (SSSR count). The Kier molecular flexibility index (Phi) is 8.56. The molecular formula is C30H32N2O5. The highest BCUT2D eigenvalue weighted by atomic mass is 16.5. The summed E-state index contributed by atoms with van der Waals surface area (Å²) in [5.74, 6) is -1.35. The first-order chi connectivity index (χ1) is 18.0. The first-order valence-corrected chi connectivity index (χ1v) is 12.6. The number of nitrogens with one attached hydrogen (secondary N) is 1. The van der Waals surface area contributed by atoms with Crippen LogP contribution in [0, 0.1) is 0 Å². The van der Waals surface area contributed by atoms with Gasteiger partial charge in [-0.25, -0.2) is 4.79 Å². The Morgan fingerprint density at radius 3 is 2.11 bits per heavy atom. The zero-order valence-corrected chi connectivity index (χ0v) is 20.9. The van der Waals surface area contributed by atoms with E-state index in [1.165, 1.54) is 16.0 Å². The van der Waals surface area contributed by atoms with Crippen LogP contribution in [0.15, 0.2) is 78.9 Å². The minimum Gasteiger partial charge on any atom is -0.480 e. The van der Waals surface area contributed by atoms with E-state index in [4.69, 9.17) is 4.74 Å². The van der Waals surface area contributed by atoms with Crippen LogP contribution in [0.2, 0.25) is 0 Å². The molecule has 0 radical (unpaired) electrons. The molecule has 0 heterocycles. The number of ether oxygens (including phenoxy) is 1. The molecule has 192 valence electrons. The molecule has 0 aromatic heterocycles. The molecule has 1 aliphatic rings. The van der Waals surface area contributed by atoms with E-state index >= 15 is 0 Å². The average Bonchev–Trinajstić information content (AvgIpc) is 3.23.